The van der Waals surface area contributed by atoms with Crippen LogP contribution in [0.5, 0.6) is 0 Å². The van der Waals surface area contributed by atoms with Crippen molar-refractivity contribution < 1.29 is 14.4 Å². The number of carbonyl (C=O) groups excluding carboxylic acids is 3. The number of rotatable bonds is 4. The molecule has 1 heterocycles. The Labute approximate surface area is 123 Å². The average Bonchev–Trinajstić information content (AvgIpc) is 2.55. The molecule has 0 saturated carbocycles. The molecule has 0 aromatic heterocycles. The Morgan fingerprint density at radius 1 is 1.29 bits per heavy atom. The molecule has 1 aliphatic heterocycles. The summed E-state index contributed by atoms with van der Waals surface area (Å²) < 4.78 is 0. The van der Waals surface area contributed by atoms with Crippen molar-refractivity contribution in [3.05, 3.63) is 29.8 Å². The van der Waals surface area contributed by atoms with Crippen LogP contribution in [0.2, 0.25) is 0 Å². The number of anilines is 1. The van der Waals surface area contributed by atoms with E-state index in [2.05, 4.69) is 16.0 Å². The second-order valence-corrected chi connectivity index (χ2v) is 5.46. The first-order chi connectivity index (χ1) is 9.97. The third-order valence-electron chi connectivity index (χ3n) is 3.15. The summed E-state index contributed by atoms with van der Waals surface area (Å²) in [5, 5.41) is 8.00. The predicted octanol–water partition coefficient (Wildman–Crippen LogP) is 0.899. The second kappa shape index (κ2) is 6.39. The summed E-state index contributed by atoms with van der Waals surface area (Å²) in [6.45, 7) is 4.51. The lowest BCUT2D eigenvalue weighted by Gasteiger charge is -2.15. The van der Waals surface area contributed by atoms with Gasteiger partial charge in [0.1, 0.15) is 6.04 Å². The van der Waals surface area contributed by atoms with Gasteiger partial charge in [-0.25, -0.2) is 0 Å². The third kappa shape index (κ3) is 3.81. The molecule has 2 rings (SSSR count). The molecule has 0 bridgehead atoms. The van der Waals surface area contributed by atoms with E-state index in [1.807, 2.05) is 13.8 Å². The average molecular weight is 289 g/mol. The summed E-state index contributed by atoms with van der Waals surface area (Å²) in [5.74, 6) is -0.663. The molecule has 1 unspecified atom stereocenters. The van der Waals surface area contributed by atoms with Gasteiger partial charge in [-0.15, -0.1) is 0 Å². The van der Waals surface area contributed by atoms with Crippen LogP contribution >= 0.6 is 0 Å². The summed E-state index contributed by atoms with van der Waals surface area (Å²) in [4.78, 5) is 36.0. The van der Waals surface area contributed by atoms with Crippen molar-refractivity contribution in [3.8, 4) is 0 Å². The minimum Gasteiger partial charge on any atom is -0.356 e. The van der Waals surface area contributed by atoms with Gasteiger partial charge in [-0.1, -0.05) is 26.0 Å². The van der Waals surface area contributed by atoms with Gasteiger partial charge >= 0.3 is 0 Å². The van der Waals surface area contributed by atoms with E-state index in [-0.39, 0.29) is 24.1 Å². The van der Waals surface area contributed by atoms with Gasteiger partial charge in [-0.05, 0) is 18.1 Å². The van der Waals surface area contributed by atoms with Crippen molar-refractivity contribution in [2.24, 2.45) is 5.92 Å². The highest BCUT2D eigenvalue weighted by molar-refractivity contribution is 6.10. The van der Waals surface area contributed by atoms with Gasteiger partial charge in [-0.2, -0.15) is 0 Å². The van der Waals surface area contributed by atoms with Gasteiger partial charge in [0.05, 0.1) is 17.7 Å². The highest BCUT2D eigenvalue weighted by Crippen LogP contribution is 2.18. The largest absolute Gasteiger partial charge is 0.356 e. The highest BCUT2D eigenvalue weighted by Gasteiger charge is 2.29. The van der Waals surface area contributed by atoms with Crippen molar-refractivity contribution in [3.63, 3.8) is 0 Å². The number of carbonyl (C=O) groups is 3. The minimum atomic E-state index is -0.864. The van der Waals surface area contributed by atoms with E-state index in [0.29, 0.717) is 23.7 Å². The number of para-hydroxylation sites is 1. The molecule has 1 aliphatic rings. The Balaban J connectivity index is 2.05. The number of nitrogens with one attached hydrogen (secondary N) is 3. The number of fused-ring (bicyclic) bond motifs is 1. The molecule has 0 radical (unpaired) electrons. The maximum Gasteiger partial charge on any atom is 0.254 e. The Hall–Kier alpha value is -2.37. The van der Waals surface area contributed by atoms with E-state index in [9.17, 15) is 14.4 Å². The molecule has 3 N–H and O–H groups in total. The van der Waals surface area contributed by atoms with Gasteiger partial charge in [0.15, 0.2) is 0 Å². The maximum atomic E-state index is 12.1. The SMILES string of the molecule is CC(C)CNC(=O)CC1NC(=O)c2ccccc2NC1=O. The molecule has 21 heavy (non-hydrogen) atoms. The fourth-order valence-electron chi connectivity index (χ4n) is 2.03. The van der Waals surface area contributed by atoms with Crippen molar-refractivity contribution in [1.82, 2.24) is 10.6 Å². The number of hydrogen-bond acceptors (Lipinski definition) is 3. The first kappa shape index (κ1) is 15.0. The minimum absolute atomic E-state index is 0.0711. The lowest BCUT2D eigenvalue weighted by Crippen LogP contribution is -2.44. The second-order valence-electron chi connectivity index (χ2n) is 5.46. The highest BCUT2D eigenvalue weighted by atomic mass is 16.2. The normalized spacial score (nSPS) is 17.6. The molecule has 1 aromatic rings. The Morgan fingerprint density at radius 3 is 2.71 bits per heavy atom. The van der Waals surface area contributed by atoms with E-state index in [1.54, 1.807) is 24.3 Å². The van der Waals surface area contributed by atoms with Crippen LogP contribution in [0.25, 0.3) is 0 Å². The monoisotopic (exact) mass is 289 g/mol. The summed E-state index contributed by atoms with van der Waals surface area (Å²) in [6, 6.07) is 5.89. The lowest BCUT2D eigenvalue weighted by atomic mass is 10.1. The van der Waals surface area contributed by atoms with Crippen LogP contribution in [0.3, 0.4) is 0 Å². The molecule has 0 spiro atoms. The summed E-state index contributed by atoms with van der Waals surface area (Å²) in [7, 11) is 0. The Kier molecular flexibility index (Phi) is 4.57. The topological polar surface area (TPSA) is 87.3 Å². The van der Waals surface area contributed by atoms with Crippen molar-refractivity contribution in [1.29, 1.82) is 0 Å². The van der Waals surface area contributed by atoms with Gasteiger partial charge in [-0.3, -0.25) is 14.4 Å². The molecule has 0 fully saturated rings. The van der Waals surface area contributed by atoms with Crippen molar-refractivity contribution >= 4 is 23.4 Å². The smallest absolute Gasteiger partial charge is 0.254 e. The van der Waals surface area contributed by atoms with Gasteiger partial charge in [0, 0.05) is 6.54 Å². The molecule has 1 atom stereocenters. The predicted molar refractivity (Wildman–Crippen MR) is 78.8 cm³/mol. The first-order valence-electron chi connectivity index (χ1n) is 6.95. The van der Waals surface area contributed by atoms with Gasteiger partial charge < -0.3 is 16.0 Å². The van der Waals surface area contributed by atoms with Crippen molar-refractivity contribution in [2.75, 3.05) is 11.9 Å². The Morgan fingerprint density at radius 2 is 2.00 bits per heavy atom. The molecule has 112 valence electrons. The van der Waals surface area contributed by atoms with E-state index in [4.69, 9.17) is 0 Å². The van der Waals surface area contributed by atoms with Crippen LogP contribution in [-0.2, 0) is 9.59 Å². The lowest BCUT2D eigenvalue weighted by molar-refractivity contribution is -0.125. The fourth-order valence-corrected chi connectivity index (χ4v) is 2.03. The quantitative estimate of drug-likeness (QED) is 0.769. The summed E-state index contributed by atoms with van der Waals surface area (Å²) in [6.07, 6.45) is -0.0711. The molecule has 1 aromatic carbocycles. The fraction of sp³-hybridized carbons (Fsp3) is 0.400. The van der Waals surface area contributed by atoms with Crippen LogP contribution in [0, 0.1) is 5.92 Å². The summed E-state index contributed by atoms with van der Waals surface area (Å²) >= 11 is 0. The van der Waals surface area contributed by atoms with Crippen molar-refractivity contribution in [2.45, 2.75) is 26.3 Å². The van der Waals surface area contributed by atoms with Crippen LogP contribution in [0.15, 0.2) is 24.3 Å². The molecule has 0 aliphatic carbocycles. The van der Waals surface area contributed by atoms with E-state index in [1.165, 1.54) is 0 Å². The van der Waals surface area contributed by atoms with Gasteiger partial charge in [0.2, 0.25) is 11.8 Å². The zero-order valence-corrected chi connectivity index (χ0v) is 12.1. The number of hydrogen-bond donors (Lipinski definition) is 3. The van der Waals surface area contributed by atoms with Gasteiger partial charge in [0.25, 0.3) is 5.91 Å². The Bertz CT molecular complexity index is 569. The van der Waals surface area contributed by atoms with E-state index < -0.39 is 6.04 Å². The first-order valence-corrected chi connectivity index (χ1v) is 6.95. The zero-order valence-electron chi connectivity index (χ0n) is 12.1. The molecule has 3 amide bonds. The van der Waals surface area contributed by atoms with E-state index in [0.717, 1.165) is 0 Å². The molecular weight excluding hydrogens is 270 g/mol. The molecular formula is C15H19N3O3. The number of amides is 3. The maximum absolute atomic E-state index is 12.1. The summed E-state index contributed by atoms with van der Waals surface area (Å²) in [5.41, 5.74) is 0.862. The number of benzene rings is 1. The van der Waals surface area contributed by atoms with Crippen LogP contribution < -0.4 is 16.0 Å². The molecule has 6 heteroatoms. The zero-order chi connectivity index (χ0) is 15.4. The van der Waals surface area contributed by atoms with E-state index >= 15 is 0 Å². The van der Waals surface area contributed by atoms with Crippen LogP contribution in [0.1, 0.15) is 30.6 Å². The van der Waals surface area contributed by atoms with Crippen LogP contribution in [-0.4, -0.2) is 30.3 Å². The third-order valence-corrected chi connectivity index (χ3v) is 3.15. The molecule has 6 nitrogen and oxygen atoms in total. The van der Waals surface area contributed by atoms with Crippen LogP contribution in [0.4, 0.5) is 5.69 Å². The molecule has 0 saturated heterocycles. The standard InChI is InChI=1S/C15H19N3O3/c1-9(2)8-16-13(19)7-12-15(21)17-11-6-4-3-5-10(11)14(20)18-12/h3-6,9,12H,7-8H2,1-2H3,(H,16,19)(H,17,21)(H,18,20).